The lowest BCUT2D eigenvalue weighted by atomic mass is 10.0. The Balaban J connectivity index is 1.45. The summed E-state index contributed by atoms with van der Waals surface area (Å²) in [5.74, 6) is 2.48. The third-order valence-corrected chi connectivity index (χ3v) is 6.17. The zero-order valence-corrected chi connectivity index (χ0v) is 19.7. The Kier molecular flexibility index (Phi) is 5.49. The lowest BCUT2D eigenvalue weighted by Crippen LogP contribution is -2.05. The maximum atomic E-state index is 5.93. The van der Waals surface area contributed by atoms with E-state index in [-0.39, 0.29) is 5.95 Å². The first-order valence-electron chi connectivity index (χ1n) is 11.2. The second-order valence-electron chi connectivity index (χ2n) is 8.46. The fourth-order valence-corrected chi connectivity index (χ4v) is 4.49. The third-order valence-electron chi connectivity index (χ3n) is 6.17. The molecule has 0 saturated heterocycles. The monoisotopic (exact) mass is 456 g/mol. The number of fused-ring (bicyclic) bond motifs is 2. The topological polar surface area (TPSA) is 114 Å². The summed E-state index contributed by atoms with van der Waals surface area (Å²) in [7, 11) is 3.33. The summed E-state index contributed by atoms with van der Waals surface area (Å²) in [5, 5.41) is 5.67. The molecule has 0 aliphatic heterocycles. The van der Waals surface area contributed by atoms with Crippen LogP contribution in [0.5, 0.6) is 11.5 Å². The Morgan fingerprint density at radius 1 is 1.00 bits per heavy atom. The molecule has 8 heteroatoms. The fourth-order valence-electron chi connectivity index (χ4n) is 4.49. The average molecular weight is 457 g/mol. The molecule has 0 fully saturated rings. The molecule has 0 amide bonds. The van der Waals surface area contributed by atoms with Gasteiger partial charge in [-0.2, -0.15) is 4.98 Å². The van der Waals surface area contributed by atoms with Gasteiger partial charge in [0.1, 0.15) is 17.3 Å². The number of nitrogen functional groups attached to an aromatic ring is 1. The Bertz CT molecular complexity index is 1500. The number of rotatable bonds is 7. The van der Waals surface area contributed by atoms with E-state index in [1.807, 2.05) is 25.1 Å². The standard InChI is InChI=1S/C26H28N6O2/c1-14-9-17-10-18(6-8-22(17)29-14)31-25-16(13-28-26(27)32-25)5-7-20-15(2)30-24-21(20)11-19(33-3)12-23(24)34-4/h6,8-13,29-30H,5,7H2,1-4H3,(H3,27,28,31,32). The first-order valence-corrected chi connectivity index (χ1v) is 11.2. The maximum absolute atomic E-state index is 5.93. The molecule has 0 spiro atoms. The zero-order chi connectivity index (χ0) is 23.8. The number of nitrogens with two attached hydrogens (primary N) is 1. The molecule has 0 saturated carbocycles. The minimum absolute atomic E-state index is 0.238. The minimum Gasteiger partial charge on any atom is -0.497 e. The quantitative estimate of drug-likeness (QED) is 0.268. The highest BCUT2D eigenvalue weighted by molar-refractivity contribution is 5.91. The van der Waals surface area contributed by atoms with E-state index in [0.717, 1.165) is 68.8 Å². The summed E-state index contributed by atoms with van der Waals surface area (Å²) in [6, 6.07) is 12.2. The molecule has 5 N–H and O–H groups in total. The van der Waals surface area contributed by atoms with Crippen LogP contribution in [0.2, 0.25) is 0 Å². The summed E-state index contributed by atoms with van der Waals surface area (Å²) in [4.78, 5) is 15.6. The Hall–Kier alpha value is -4.20. The first kappa shape index (κ1) is 21.6. The number of ether oxygens (including phenoxy) is 2. The van der Waals surface area contributed by atoms with Crippen molar-refractivity contribution < 1.29 is 9.47 Å². The molecule has 3 aromatic heterocycles. The van der Waals surface area contributed by atoms with Gasteiger partial charge in [0.05, 0.1) is 19.7 Å². The van der Waals surface area contributed by atoms with Crippen LogP contribution >= 0.6 is 0 Å². The predicted octanol–water partition coefficient (Wildman–Crippen LogP) is 5.18. The Morgan fingerprint density at radius 3 is 2.65 bits per heavy atom. The number of anilines is 3. The van der Waals surface area contributed by atoms with Crippen molar-refractivity contribution >= 4 is 39.3 Å². The van der Waals surface area contributed by atoms with Crippen LogP contribution in [0.4, 0.5) is 17.5 Å². The molecule has 0 atom stereocenters. The molecule has 0 aliphatic rings. The highest BCUT2D eigenvalue weighted by Crippen LogP contribution is 2.35. The highest BCUT2D eigenvalue weighted by atomic mass is 16.5. The van der Waals surface area contributed by atoms with Gasteiger partial charge in [0.25, 0.3) is 0 Å². The van der Waals surface area contributed by atoms with Gasteiger partial charge in [0.2, 0.25) is 5.95 Å². The van der Waals surface area contributed by atoms with Crippen LogP contribution < -0.4 is 20.5 Å². The van der Waals surface area contributed by atoms with Crippen molar-refractivity contribution in [2.45, 2.75) is 26.7 Å². The number of nitrogens with zero attached hydrogens (tertiary/aromatic N) is 2. The molecule has 8 nitrogen and oxygen atoms in total. The van der Waals surface area contributed by atoms with Crippen molar-refractivity contribution in [1.82, 2.24) is 19.9 Å². The molecular weight excluding hydrogens is 428 g/mol. The Labute approximate surface area is 197 Å². The minimum atomic E-state index is 0.238. The van der Waals surface area contributed by atoms with Gasteiger partial charge < -0.3 is 30.5 Å². The second-order valence-corrected chi connectivity index (χ2v) is 8.46. The van der Waals surface area contributed by atoms with Crippen LogP contribution in [0.15, 0.2) is 42.6 Å². The van der Waals surface area contributed by atoms with Crippen LogP contribution in [-0.2, 0) is 12.8 Å². The highest BCUT2D eigenvalue weighted by Gasteiger charge is 2.16. The van der Waals surface area contributed by atoms with Crippen LogP contribution in [-0.4, -0.2) is 34.2 Å². The summed E-state index contributed by atoms with van der Waals surface area (Å²) < 4.78 is 11.1. The lowest BCUT2D eigenvalue weighted by molar-refractivity contribution is 0.397. The molecule has 0 unspecified atom stereocenters. The number of aromatic amines is 2. The van der Waals surface area contributed by atoms with Crippen molar-refractivity contribution in [2.24, 2.45) is 0 Å². The average Bonchev–Trinajstić information content (AvgIpc) is 3.35. The van der Waals surface area contributed by atoms with Gasteiger partial charge in [0, 0.05) is 51.2 Å². The van der Waals surface area contributed by atoms with Gasteiger partial charge >= 0.3 is 0 Å². The molecule has 2 aromatic carbocycles. The van der Waals surface area contributed by atoms with Crippen molar-refractivity contribution in [3.8, 4) is 11.5 Å². The summed E-state index contributed by atoms with van der Waals surface area (Å²) >= 11 is 0. The number of hydrogen-bond donors (Lipinski definition) is 4. The van der Waals surface area contributed by atoms with Crippen LogP contribution in [0.25, 0.3) is 21.8 Å². The number of aryl methyl sites for hydroxylation is 4. The van der Waals surface area contributed by atoms with Gasteiger partial charge in [-0.05, 0) is 62.6 Å². The van der Waals surface area contributed by atoms with Crippen molar-refractivity contribution in [2.75, 3.05) is 25.3 Å². The van der Waals surface area contributed by atoms with Crippen LogP contribution in [0, 0.1) is 13.8 Å². The van der Waals surface area contributed by atoms with E-state index < -0.39 is 0 Å². The molecule has 3 heterocycles. The molecule has 0 bridgehead atoms. The predicted molar refractivity (Wildman–Crippen MR) is 136 cm³/mol. The van der Waals surface area contributed by atoms with Gasteiger partial charge in [-0.3, -0.25) is 0 Å². The number of hydrogen-bond acceptors (Lipinski definition) is 6. The molecule has 5 aromatic rings. The number of benzene rings is 2. The molecule has 0 aliphatic carbocycles. The number of nitrogens with one attached hydrogen (secondary N) is 3. The van der Waals surface area contributed by atoms with Gasteiger partial charge in [-0.1, -0.05) is 0 Å². The number of aromatic nitrogens is 4. The molecule has 5 rings (SSSR count). The van der Waals surface area contributed by atoms with E-state index in [2.05, 4.69) is 50.4 Å². The summed E-state index contributed by atoms with van der Waals surface area (Å²) in [6.07, 6.45) is 3.33. The SMILES string of the molecule is COc1cc(OC)c2[nH]c(C)c(CCc3cnc(N)nc3Nc3ccc4[nH]c(C)cc4c3)c2c1. The van der Waals surface area contributed by atoms with Gasteiger partial charge in [0.15, 0.2) is 0 Å². The Morgan fingerprint density at radius 2 is 1.85 bits per heavy atom. The third kappa shape index (κ3) is 3.98. The number of H-pyrrole nitrogens is 2. The molecule has 34 heavy (non-hydrogen) atoms. The smallest absolute Gasteiger partial charge is 0.221 e. The van der Waals surface area contributed by atoms with Crippen LogP contribution in [0.1, 0.15) is 22.5 Å². The van der Waals surface area contributed by atoms with Crippen LogP contribution in [0.3, 0.4) is 0 Å². The van der Waals surface area contributed by atoms with Gasteiger partial charge in [-0.15, -0.1) is 0 Å². The molecular formula is C26H28N6O2. The molecule has 174 valence electrons. The van der Waals surface area contributed by atoms with E-state index in [4.69, 9.17) is 15.2 Å². The maximum Gasteiger partial charge on any atom is 0.221 e. The van der Waals surface area contributed by atoms with Gasteiger partial charge in [-0.25, -0.2) is 4.98 Å². The van der Waals surface area contributed by atoms with Crippen molar-refractivity contribution in [3.63, 3.8) is 0 Å². The largest absolute Gasteiger partial charge is 0.497 e. The van der Waals surface area contributed by atoms with E-state index in [1.54, 1.807) is 20.4 Å². The van der Waals surface area contributed by atoms with E-state index in [1.165, 1.54) is 5.56 Å². The summed E-state index contributed by atoms with van der Waals surface area (Å²) in [6.45, 7) is 4.13. The van der Waals surface area contributed by atoms with E-state index >= 15 is 0 Å². The zero-order valence-electron chi connectivity index (χ0n) is 19.7. The lowest BCUT2D eigenvalue weighted by Gasteiger charge is -2.12. The summed E-state index contributed by atoms with van der Waals surface area (Å²) in [5.41, 5.74) is 13.4. The first-order chi connectivity index (χ1) is 16.4. The van der Waals surface area contributed by atoms with Crippen molar-refractivity contribution in [3.05, 3.63) is 65.1 Å². The molecule has 0 radical (unpaired) electrons. The van der Waals surface area contributed by atoms with E-state index in [0.29, 0.717) is 5.82 Å². The second kappa shape index (κ2) is 8.62. The van der Waals surface area contributed by atoms with E-state index in [9.17, 15) is 0 Å². The number of methoxy groups -OCH3 is 2. The fraction of sp³-hybridized carbons (Fsp3) is 0.231. The van der Waals surface area contributed by atoms with Crippen molar-refractivity contribution in [1.29, 1.82) is 0 Å². The normalized spacial score (nSPS) is 11.3.